The molecule has 0 spiro atoms. The lowest BCUT2D eigenvalue weighted by atomic mass is 10.0. The van der Waals surface area contributed by atoms with Crippen LogP contribution < -0.4 is 11.0 Å². The zero-order chi connectivity index (χ0) is 23.9. The molecular formula is C26H20N2O4S2. The third-order valence-corrected chi connectivity index (χ3v) is 7.06. The number of hydroxylamine groups is 2. The van der Waals surface area contributed by atoms with E-state index in [0.29, 0.717) is 20.9 Å². The molecule has 0 fully saturated rings. The third-order valence-electron chi connectivity index (χ3n) is 4.93. The van der Waals surface area contributed by atoms with Gasteiger partial charge in [0.1, 0.15) is 0 Å². The largest absolute Gasteiger partial charge is 0.288 e. The Morgan fingerprint density at radius 1 is 0.559 bits per heavy atom. The summed E-state index contributed by atoms with van der Waals surface area (Å²) in [6.07, 6.45) is 0. The smallest absolute Gasteiger partial charge is 0.275 e. The van der Waals surface area contributed by atoms with E-state index in [1.165, 1.54) is 23.5 Å². The highest BCUT2D eigenvalue weighted by molar-refractivity contribution is 7.99. The van der Waals surface area contributed by atoms with Crippen LogP contribution in [0.3, 0.4) is 0 Å². The lowest BCUT2D eigenvalue weighted by Crippen LogP contribution is -2.19. The molecule has 4 rings (SSSR count). The van der Waals surface area contributed by atoms with Crippen molar-refractivity contribution in [1.82, 2.24) is 11.0 Å². The third kappa shape index (κ3) is 5.49. The summed E-state index contributed by atoms with van der Waals surface area (Å²) < 4.78 is 0. The molecule has 6 nitrogen and oxygen atoms in total. The van der Waals surface area contributed by atoms with Gasteiger partial charge in [-0.25, -0.2) is 11.0 Å². The van der Waals surface area contributed by atoms with Crippen LogP contribution >= 0.6 is 23.5 Å². The minimum Gasteiger partial charge on any atom is -0.288 e. The average Bonchev–Trinajstić information content (AvgIpc) is 2.89. The standard InChI is InChI=1S/C26H20N2O4S2/c29-25(27-31)21-13-11-17(15-23(21)33-19-7-3-1-4-8-19)18-12-14-22(26(30)28-32)24(16-18)34-20-9-5-2-6-10-20/h1-16,31-32H,(H,27,29)(H,28,30). The highest BCUT2D eigenvalue weighted by atomic mass is 32.2. The molecule has 8 heteroatoms. The van der Waals surface area contributed by atoms with Crippen LogP contribution in [0, 0.1) is 0 Å². The monoisotopic (exact) mass is 488 g/mol. The van der Waals surface area contributed by atoms with Gasteiger partial charge in [0.25, 0.3) is 11.8 Å². The summed E-state index contributed by atoms with van der Waals surface area (Å²) >= 11 is 2.82. The molecule has 0 heterocycles. The van der Waals surface area contributed by atoms with Crippen molar-refractivity contribution in [2.75, 3.05) is 0 Å². The van der Waals surface area contributed by atoms with E-state index in [9.17, 15) is 20.0 Å². The van der Waals surface area contributed by atoms with E-state index in [2.05, 4.69) is 0 Å². The lowest BCUT2D eigenvalue weighted by Gasteiger charge is -2.13. The minimum absolute atomic E-state index is 0.343. The molecule has 0 atom stereocenters. The van der Waals surface area contributed by atoms with E-state index < -0.39 is 11.8 Å². The summed E-state index contributed by atoms with van der Waals surface area (Å²) in [6.45, 7) is 0. The highest BCUT2D eigenvalue weighted by Crippen LogP contribution is 2.37. The Labute approximate surface area is 204 Å². The van der Waals surface area contributed by atoms with Gasteiger partial charge in [-0.05, 0) is 59.7 Å². The van der Waals surface area contributed by atoms with E-state index in [0.717, 1.165) is 20.9 Å². The van der Waals surface area contributed by atoms with E-state index in [1.54, 1.807) is 35.2 Å². The van der Waals surface area contributed by atoms with Crippen molar-refractivity contribution in [2.24, 2.45) is 0 Å². The maximum Gasteiger partial charge on any atom is 0.275 e. The van der Waals surface area contributed by atoms with Crippen LogP contribution in [0.5, 0.6) is 0 Å². The summed E-state index contributed by atoms with van der Waals surface area (Å²) in [5.74, 6) is -1.19. The summed E-state index contributed by atoms with van der Waals surface area (Å²) in [5.41, 5.74) is 5.76. The summed E-state index contributed by atoms with van der Waals surface area (Å²) in [6, 6.07) is 29.9. The first kappa shape index (κ1) is 23.6. The van der Waals surface area contributed by atoms with E-state index in [1.807, 2.05) is 72.8 Å². The van der Waals surface area contributed by atoms with Crippen molar-refractivity contribution in [1.29, 1.82) is 0 Å². The molecule has 0 aliphatic heterocycles. The fourth-order valence-electron chi connectivity index (χ4n) is 3.30. The van der Waals surface area contributed by atoms with Gasteiger partial charge in [0.05, 0.1) is 11.1 Å². The number of amides is 2. The molecule has 170 valence electrons. The first-order chi connectivity index (χ1) is 16.6. The molecule has 2 amide bonds. The Hall–Kier alpha value is -3.56. The molecular weight excluding hydrogens is 468 g/mol. The Morgan fingerprint density at radius 3 is 1.29 bits per heavy atom. The van der Waals surface area contributed by atoms with Gasteiger partial charge in [-0.1, -0.05) is 72.1 Å². The molecule has 0 radical (unpaired) electrons. The zero-order valence-electron chi connectivity index (χ0n) is 17.8. The molecule has 4 aromatic carbocycles. The van der Waals surface area contributed by atoms with Crippen molar-refractivity contribution in [2.45, 2.75) is 19.6 Å². The SMILES string of the molecule is O=C(NO)c1ccc(-c2ccc(C(=O)NO)c(Sc3ccccc3)c2)cc1Sc1ccccc1. The highest BCUT2D eigenvalue weighted by Gasteiger charge is 2.16. The van der Waals surface area contributed by atoms with Gasteiger partial charge in [-0.15, -0.1) is 0 Å². The molecule has 0 aromatic heterocycles. The Balaban J connectivity index is 1.77. The summed E-state index contributed by atoms with van der Waals surface area (Å²) in [5, 5.41) is 18.4. The van der Waals surface area contributed by atoms with Crippen LogP contribution in [0.4, 0.5) is 0 Å². The molecule has 0 saturated carbocycles. The fourth-order valence-corrected chi connectivity index (χ4v) is 5.31. The molecule has 0 bridgehead atoms. The number of rotatable bonds is 7. The molecule has 0 aliphatic rings. The topological polar surface area (TPSA) is 98.7 Å². The van der Waals surface area contributed by atoms with E-state index in [-0.39, 0.29) is 0 Å². The van der Waals surface area contributed by atoms with Gasteiger partial charge in [0, 0.05) is 19.6 Å². The van der Waals surface area contributed by atoms with Crippen LogP contribution in [-0.2, 0) is 0 Å². The van der Waals surface area contributed by atoms with Crippen LogP contribution in [0.2, 0.25) is 0 Å². The second kappa shape index (κ2) is 11.0. The van der Waals surface area contributed by atoms with Gasteiger partial charge in [-0.2, -0.15) is 0 Å². The van der Waals surface area contributed by atoms with Gasteiger partial charge >= 0.3 is 0 Å². The summed E-state index contributed by atoms with van der Waals surface area (Å²) in [4.78, 5) is 27.7. The number of carbonyl (C=O) groups is 2. The van der Waals surface area contributed by atoms with Gasteiger partial charge < -0.3 is 0 Å². The maximum absolute atomic E-state index is 12.2. The second-order valence-electron chi connectivity index (χ2n) is 7.13. The first-order valence-corrected chi connectivity index (χ1v) is 11.9. The van der Waals surface area contributed by atoms with E-state index in [4.69, 9.17) is 0 Å². The first-order valence-electron chi connectivity index (χ1n) is 10.2. The number of hydrogen-bond donors (Lipinski definition) is 4. The molecule has 4 aromatic rings. The maximum atomic E-state index is 12.2. The van der Waals surface area contributed by atoms with Crippen LogP contribution in [0.25, 0.3) is 11.1 Å². The number of nitrogens with one attached hydrogen (secondary N) is 2. The van der Waals surface area contributed by atoms with Gasteiger partial charge in [-0.3, -0.25) is 20.0 Å². The van der Waals surface area contributed by atoms with Crippen LogP contribution in [0.1, 0.15) is 20.7 Å². The van der Waals surface area contributed by atoms with Crippen molar-refractivity contribution in [3.05, 3.63) is 108 Å². The van der Waals surface area contributed by atoms with Crippen molar-refractivity contribution in [3.8, 4) is 11.1 Å². The van der Waals surface area contributed by atoms with Crippen LogP contribution in [-0.4, -0.2) is 22.2 Å². The van der Waals surface area contributed by atoms with Crippen molar-refractivity contribution >= 4 is 35.3 Å². The molecule has 0 saturated heterocycles. The second-order valence-corrected chi connectivity index (χ2v) is 9.36. The van der Waals surface area contributed by atoms with Crippen LogP contribution in [0.15, 0.2) is 117 Å². The number of carbonyl (C=O) groups excluding carboxylic acids is 2. The number of benzene rings is 4. The van der Waals surface area contributed by atoms with Gasteiger partial charge in [0.2, 0.25) is 0 Å². The van der Waals surface area contributed by atoms with Crippen molar-refractivity contribution in [3.63, 3.8) is 0 Å². The Bertz CT molecular complexity index is 1210. The normalized spacial score (nSPS) is 10.5. The quantitative estimate of drug-likeness (QED) is 0.191. The number of hydrogen-bond acceptors (Lipinski definition) is 6. The molecule has 34 heavy (non-hydrogen) atoms. The summed E-state index contributed by atoms with van der Waals surface area (Å²) in [7, 11) is 0. The predicted octanol–water partition coefficient (Wildman–Crippen LogP) is 5.89. The molecule has 4 N–H and O–H groups in total. The predicted molar refractivity (Wildman–Crippen MR) is 132 cm³/mol. The Morgan fingerprint density at radius 2 is 0.941 bits per heavy atom. The minimum atomic E-state index is -0.597. The van der Waals surface area contributed by atoms with E-state index >= 15 is 0 Å². The fraction of sp³-hybridized carbons (Fsp3) is 0. The van der Waals surface area contributed by atoms with Gasteiger partial charge in [0.15, 0.2) is 0 Å². The average molecular weight is 489 g/mol. The molecule has 0 aliphatic carbocycles. The van der Waals surface area contributed by atoms with Crippen molar-refractivity contribution < 1.29 is 20.0 Å². The molecule has 0 unspecified atom stereocenters. The lowest BCUT2D eigenvalue weighted by molar-refractivity contribution is 0.0698. The Kier molecular flexibility index (Phi) is 7.66. The zero-order valence-corrected chi connectivity index (χ0v) is 19.4.